The minimum absolute atomic E-state index is 0.413. The molecule has 13 heavy (non-hydrogen) atoms. The molecule has 0 atom stereocenters. The van der Waals surface area contributed by atoms with E-state index in [1.807, 2.05) is 0 Å². The molecule has 3 aliphatic rings. The largest absolute Gasteiger partial charge is 0.457 e. The Balaban J connectivity index is 2.08. The number of ether oxygens (including phenoxy) is 2. The highest BCUT2D eigenvalue weighted by Crippen LogP contribution is 2.50. The van der Waals surface area contributed by atoms with E-state index in [4.69, 9.17) is 9.47 Å². The van der Waals surface area contributed by atoms with E-state index >= 15 is 0 Å². The van der Waals surface area contributed by atoms with Crippen molar-refractivity contribution in [1.29, 1.82) is 0 Å². The average Bonchev–Trinajstić information content (AvgIpc) is 2.75. The van der Waals surface area contributed by atoms with Crippen molar-refractivity contribution in [2.24, 2.45) is 5.92 Å². The quantitative estimate of drug-likeness (QED) is 0.573. The summed E-state index contributed by atoms with van der Waals surface area (Å²) in [5.74, 6) is 4.56. The van der Waals surface area contributed by atoms with Gasteiger partial charge in [-0.1, -0.05) is 13.8 Å². The first kappa shape index (κ1) is 7.25. The normalized spacial score (nSPS) is 23.8. The fraction of sp³-hybridized carbons (Fsp3) is 0.455. The van der Waals surface area contributed by atoms with Crippen LogP contribution in [0.3, 0.4) is 0 Å². The van der Waals surface area contributed by atoms with Crippen molar-refractivity contribution in [2.75, 3.05) is 0 Å². The molecule has 2 aliphatic heterocycles. The monoisotopic (exact) mass is 176 g/mol. The summed E-state index contributed by atoms with van der Waals surface area (Å²) in [6, 6.07) is 0. The van der Waals surface area contributed by atoms with Crippen molar-refractivity contribution in [1.82, 2.24) is 0 Å². The molecular formula is C11H12O2. The summed E-state index contributed by atoms with van der Waals surface area (Å²) >= 11 is 0. The molecule has 2 nitrogen and oxygen atoms in total. The number of epoxide rings is 1. The minimum atomic E-state index is 0.413. The van der Waals surface area contributed by atoms with Gasteiger partial charge < -0.3 is 9.47 Å². The van der Waals surface area contributed by atoms with Crippen LogP contribution in [0.5, 0.6) is 0 Å². The summed E-state index contributed by atoms with van der Waals surface area (Å²) in [5, 5.41) is 0. The van der Waals surface area contributed by atoms with E-state index in [0.29, 0.717) is 5.92 Å². The first-order chi connectivity index (χ1) is 6.27. The third kappa shape index (κ3) is 0.886. The van der Waals surface area contributed by atoms with Gasteiger partial charge in [-0.25, -0.2) is 0 Å². The average molecular weight is 176 g/mol. The Bertz CT molecular complexity index is 370. The first-order valence-corrected chi connectivity index (χ1v) is 4.81. The van der Waals surface area contributed by atoms with Crippen molar-refractivity contribution in [3.8, 4) is 0 Å². The maximum Gasteiger partial charge on any atom is 0.209 e. The van der Waals surface area contributed by atoms with Crippen LogP contribution in [0.25, 0.3) is 0 Å². The van der Waals surface area contributed by atoms with Gasteiger partial charge in [-0.3, -0.25) is 0 Å². The molecule has 1 saturated heterocycles. The first-order valence-electron chi connectivity index (χ1n) is 4.81. The summed E-state index contributed by atoms with van der Waals surface area (Å²) in [6.07, 6.45) is 4.33. The van der Waals surface area contributed by atoms with E-state index in [-0.39, 0.29) is 0 Å². The summed E-state index contributed by atoms with van der Waals surface area (Å²) in [5.41, 5.74) is 1.28. The van der Waals surface area contributed by atoms with Gasteiger partial charge in [0.25, 0.3) is 0 Å². The van der Waals surface area contributed by atoms with Crippen LogP contribution in [0.2, 0.25) is 0 Å². The third-order valence-corrected chi connectivity index (χ3v) is 2.63. The van der Waals surface area contributed by atoms with Crippen LogP contribution in [-0.2, 0) is 9.47 Å². The standard InChI is InChI=1S/C11H12O2/c1-6(2)9-11-10(13-11)7-4-3-5-8(7)12-9/h5-6H,3-4H2,1-2H3. The summed E-state index contributed by atoms with van der Waals surface area (Å²) in [4.78, 5) is 0. The SMILES string of the molecule is CC(C)C1=C2OC2=C2CCC=C2O1. The second kappa shape index (κ2) is 2.19. The molecule has 0 N–H and O–H groups in total. The molecule has 0 radical (unpaired) electrons. The lowest BCUT2D eigenvalue weighted by Crippen LogP contribution is -2.03. The maximum atomic E-state index is 5.78. The van der Waals surface area contributed by atoms with E-state index in [1.54, 1.807) is 0 Å². The van der Waals surface area contributed by atoms with Crippen LogP contribution >= 0.6 is 0 Å². The predicted molar refractivity (Wildman–Crippen MR) is 48.4 cm³/mol. The van der Waals surface area contributed by atoms with E-state index in [2.05, 4.69) is 19.9 Å². The van der Waals surface area contributed by atoms with E-state index in [9.17, 15) is 0 Å². The molecule has 0 aromatic carbocycles. The van der Waals surface area contributed by atoms with Gasteiger partial charge in [-0.05, 0) is 18.9 Å². The molecule has 3 rings (SSSR count). The van der Waals surface area contributed by atoms with Crippen molar-refractivity contribution in [3.05, 3.63) is 34.7 Å². The molecule has 2 heterocycles. The molecule has 0 spiro atoms. The van der Waals surface area contributed by atoms with Crippen LogP contribution < -0.4 is 0 Å². The zero-order valence-corrected chi connectivity index (χ0v) is 7.89. The second-order valence-electron chi connectivity index (χ2n) is 3.97. The molecule has 0 bridgehead atoms. The molecule has 68 valence electrons. The van der Waals surface area contributed by atoms with Gasteiger partial charge in [0.15, 0.2) is 11.5 Å². The fourth-order valence-corrected chi connectivity index (χ4v) is 1.90. The summed E-state index contributed by atoms with van der Waals surface area (Å²) in [6.45, 7) is 4.25. The van der Waals surface area contributed by atoms with Gasteiger partial charge in [0, 0.05) is 11.5 Å². The van der Waals surface area contributed by atoms with Crippen LogP contribution in [0.15, 0.2) is 34.7 Å². The summed E-state index contributed by atoms with van der Waals surface area (Å²) < 4.78 is 11.2. The second-order valence-corrected chi connectivity index (χ2v) is 3.97. The Hall–Kier alpha value is -1.18. The summed E-state index contributed by atoms with van der Waals surface area (Å²) in [7, 11) is 0. The molecule has 0 amide bonds. The molecule has 1 aliphatic carbocycles. The van der Waals surface area contributed by atoms with E-state index < -0.39 is 0 Å². The fourth-order valence-electron chi connectivity index (χ4n) is 1.90. The number of fused-ring (bicyclic) bond motifs is 2. The molecule has 0 unspecified atom stereocenters. The van der Waals surface area contributed by atoms with E-state index in [0.717, 1.165) is 35.9 Å². The smallest absolute Gasteiger partial charge is 0.209 e. The Kier molecular flexibility index (Phi) is 1.22. The maximum absolute atomic E-state index is 5.78. The minimum Gasteiger partial charge on any atom is -0.457 e. The molecule has 0 aromatic heterocycles. The molecule has 0 aromatic rings. The Morgan fingerprint density at radius 1 is 1.23 bits per heavy atom. The lowest BCUT2D eigenvalue weighted by molar-refractivity contribution is 0.267. The number of hydrogen-bond acceptors (Lipinski definition) is 2. The number of allylic oxidation sites excluding steroid dienone is 3. The van der Waals surface area contributed by atoms with Gasteiger partial charge in [-0.2, -0.15) is 0 Å². The number of rotatable bonds is 1. The van der Waals surface area contributed by atoms with Crippen LogP contribution in [-0.4, -0.2) is 0 Å². The highest BCUT2D eigenvalue weighted by molar-refractivity contribution is 5.53. The molecule has 0 saturated carbocycles. The Labute approximate surface area is 77.5 Å². The Morgan fingerprint density at radius 2 is 2.08 bits per heavy atom. The Morgan fingerprint density at radius 3 is 2.85 bits per heavy atom. The van der Waals surface area contributed by atoms with Crippen LogP contribution in [0.1, 0.15) is 26.7 Å². The van der Waals surface area contributed by atoms with E-state index in [1.165, 1.54) is 5.57 Å². The van der Waals surface area contributed by atoms with Crippen molar-refractivity contribution < 1.29 is 9.47 Å². The lowest BCUT2D eigenvalue weighted by atomic mass is 10.1. The van der Waals surface area contributed by atoms with Gasteiger partial charge in [0.2, 0.25) is 5.76 Å². The highest BCUT2D eigenvalue weighted by atomic mass is 16.6. The third-order valence-electron chi connectivity index (χ3n) is 2.63. The van der Waals surface area contributed by atoms with Gasteiger partial charge in [0.1, 0.15) is 5.76 Å². The van der Waals surface area contributed by atoms with Gasteiger partial charge in [-0.15, -0.1) is 0 Å². The van der Waals surface area contributed by atoms with Crippen molar-refractivity contribution in [2.45, 2.75) is 26.7 Å². The molecule has 1 fully saturated rings. The van der Waals surface area contributed by atoms with Crippen molar-refractivity contribution >= 4 is 0 Å². The highest BCUT2D eigenvalue weighted by Gasteiger charge is 2.42. The molecular weight excluding hydrogens is 164 g/mol. The zero-order chi connectivity index (χ0) is 9.00. The van der Waals surface area contributed by atoms with Crippen molar-refractivity contribution in [3.63, 3.8) is 0 Å². The van der Waals surface area contributed by atoms with Crippen LogP contribution in [0, 0.1) is 5.92 Å². The predicted octanol–water partition coefficient (Wildman–Crippen LogP) is 2.85. The topological polar surface area (TPSA) is 21.8 Å². The lowest BCUT2D eigenvalue weighted by Gasteiger charge is -2.14. The zero-order valence-electron chi connectivity index (χ0n) is 7.89. The number of hydrogen-bond donors (Lipinski definition) is 0. The van der Waals surface area contributed by atoms with Gasteiger partial charge in [0.05, 0.1) is 0 Å². The molecule has 2 heteroatoms. The van der Waals surface area contributed by atoms with Gasteiger partial charge >= 0.3 is 0 Å². The van der Waals surface area contributed by atoms with Crippen LogP contribution in [0.4, 0.5) is 0 Å².